The van der Waals surface area contributed by atoms with Crippen molar-refractivity contribution in [1.29, 1.82) is 0 Å². The number of amides is 3. The molecular weight excluding hydrogens is 551 g/mol. The van der Waals surface area contributed by atoms with Gasteiger partial charge >= 0.3 is 0 Å². The summed E-state index contributed by atoms with van der Waals surface area (Å²) in [7, 11) is 0. The molecular formula is C25H19IN2O4S. The number of halogens is 1. The summed E-state index contributed by atoms with van der Waals surface area (Å²) in [6.45, 7) is 0.0868. The van der Waals surface area contributed by atoms with Crippen LogP contribution >= 0.6 is 34.4 Å². The summed E-state index contributed by atoms with van der Waals surface area (Å²) in [5.41, 5.74) is 2.29. The van der Waals surface area contributed by atoms with Gasteiger partial charge in [-0.15, -0.1) is 0 Å². The van der Waals surface area contributed by atoms with Crippen LogP contribution in [-0.2, 0) is 16.1 Å². The molecule has 0 atom stereocenters. The number of hydrogen-bond donors (Lipinski definition) is 1. The highest BCUT2D eigenvalue weighted by Gasteiger charge is 2.34. The number of carbonyl (C=O) groups is 3. The summed E-state index contributed by atoms with van der Waals surface area (Å²) in [5, 5.41) is 2.46. The number of para-hydroxylation sites is 1. The molecule has 1 aliphatic rings. The van der Waals surface area contributed by atoms with Crippen molar-refractivity contribution in [1.82, 2.24) is 4.90 Å². The minimum Gasteiger partial charge on any atom is -0.484 e. The molecule has 1 aliphatic heterocycles. The molecule has 3 aromatic rings. The monoisotopic (exact) mass is 570 g/mol. The van der Waals surface area contributed by atoms with E-state index in [9.17, 15) is 14.4 Å². The van der Waals surface area contributed by atoms with Gasteiger partial charge in [-0.2, -0.15) is 0 Å². The third-order valence-corrected chi connectivity index (χ3v) is 6.34. The van der Waals surface area contributed by atoms with Gasteiger partial charge in [0.15, 0.2) is 6.61 Å². The molecule has 0 radical (unpaired) electrons. The second-order valence-electron chi connectivity index (χ2n) is 7.17. The van der Waals surface area contributed by atoms with Crippen LogP contribution in [0.1, 0.15) is 11.1 Å². The highest BCUT2D eigenvalue weighted by Crippen LogP contribution is 2.33. The van der Waals surface area contributed by atoms with Gasteiger partial charge < -0.3 is 10.1 Å². The molecule has 0 aromatic heterocycles. The first kappa shape index (κ1) is 23.1. The van der Waals surface area contributed by atoms with E-state index in [1.54, 1.807) is 36.4 Å². The van der Waals surface area contributed by atoms with Crippen molar-refractivity contribution in [3.63, 3.8) is 0 Å². The molecule has 0 unspecified atom stereocenters. The third kappa shape index (κ3) is 6.23. The molecule has 1 saturated heterocycles. The van der Waals surface area contributed by atoms with Crippen molar-refractivity contribution in [3.05, 3.63) is 98.5 Å². The number of ether oxygens (including phenoxy) is 1. The van der Waals surface area contributed by atoms with Gasteiger partial charge in [0.1, 0.15) is 5.75 Å². The number of carbonyl (C=O) groups excluding carboxylic acids is 3. The average molecular weight is 570 g/mol. The first-order valence-electron chi connectivity index (χ1n) is 10.1. The van der Waals surface area contributed by atoms with Crippen LogP contribution in [0.3, 0.4) is 0 Å². The van der Waals surface area contributed by atoms with Crippen molar-refractivity contribution in [3.8, 4) is 5.75 Å². The second-order valence-corrected chi connectivity index (χ2v) is 9.41. The van der Waals surface area contributed by atoms with Gasteiger partial charge in [0.05, 0.1) is 11.4 Å². The SMILES string of the molecule is O=C(COc1cccc(/C=C2\SC(=O)N(Cc3ccc(I)cc3)C2=O)c1)Nc1ccccc1. The van der Waals surface area contributed by atoms with E-state index in [4.69, 9.17) is 4.74 Å². The topological polar surface area (TPSA) is 75.7 Å². The molecule has 0 spiro atoms. The van der Waals surface area contributed by atoms with E-state index in [0.29, 0.717) is 21.9 Å². The molecule has 6 nitrogen and oxygen atoms in total. The summed E-state index contributed by atoms with van der Waals surface area (Å²) in [6, 6.07) is 23.9. The Balaban J connectivity index is 1.39. The minimum absolute atomic E-state index is 0.148. The van der Waals surface area contributed by atoms with Crippen LogP contribution < -0.4 is 10.1 Å². The smallest absolute Gasteiger partial charge is 0.293 e. The minimum atomic E-state index is -0.322. The van der Waals surface area contributed by atoms with Crippen molar-refractivity contribution in [2.75, 3.05) is 11.9 Å². The molecule has 3 aromatic carbocycles. The zero-order chi connectivity index (χ0) is 23.2. The van der Waals surface area contributed by atoms with Gasteiger partial charge in [-0.3, -0.25) is 19.3 Å². The maximum atomic E-state index is 12.8. The van der Waals surface area contributed by atoms with Crippen molar-refractivity contribution >= 4 is 63.2 Å². The van der Waals surface area contributed by atoms with E-state index >= 15 is 0 Å². The third-order valence-electron chi connectivity index (χ3n) is 4.71. The number of nitrogens with one attached hydrogen (secondary N) is 1. The quantitative estimate of drug-likeness (QED) is 0.298. The van der Waals surface area contributed by atoms with E-state index in [1.807, 2.05) is 48.5 Å². The number of nitrogens with zero attached hydrogens (tertiary/aromatic N) is 1. The number of thioether (sulfide) groups is 1. The van der Waals surface area contributed by atoms with Crippen LogP contribution in [0.15, 0.2) is 83.8 Å². The first-order chi connectivity index (χ1) is 16.0. The number of imide groups is 1. The standard InChI is InChI=1S/C25H19IN2O4S/c26-19-11-9-17(10-12-19)15-28-24(30)22(33-25(28)31)14-18-5-4-8-21(13-18)32-16-23(29)27-20-6-2-1-3-7-20/h1-14H,15-16H2,(H,27,29)/b22-14-. The Hall–Kier alpha value is -3.11. The van der Waals surface area contributed by atoms with Crippen molar-refractivity contribution in [2.45, 2.75) is 6.54 Å². The van der Waals surface area contributed by atoms with Crippen molar-refractivity contribution < 1.29 is 19.1 Å². The number of rotatable bonds is 7. The molecule has 3 amide bonds. The molecule has 33 heavy (non-hydrogen) atoms. The highest BCUT2D eigenvalue weighted by atomic mass is 127. The number of anilines is 1. The molecule has 0 aliphatic carbocycles. The van der Waals surface area contributed by atoms with Crippen LogP contribution in [0.5, 0.6) is 5.75 Å². The fraction of sp³-hybridized carbons (Fsp3) is 0.0800. The van der Waals surface area contributed by atoms with Gasteiger partial charge in [-0.25, -0.2) is 0 Å². The predicted molar refractivity (Wildman–Crippen MR) is 138 cm³/mol. The van der Waals surface area contributed by atoms with Gasteiger partial charge in [0.25, 0.3) is 17.1 Å². The highest BCUT2D eigenvalue weighted by molar-refractivity contribution is 14.1. The molecule has 166 valence electrons. The average Bonchev–Trinajstić information content (AvgIpc) is 3.07. The van der Waals surface area contributed by atoms with Crippen LogP contribution in [0.25, 0.3) is 6.08 Å². The summed E-state index contributed by atoms with van der Waals surface area (Å²) >= 11 is 3.12. The summed E-state index contributed by atoms with van der Waals surface area (Å²) in [6.07, 6.45) is 1.66. The van der Waals surface area contributed by atoms with E-state index in [1.165, 1.54) is 4.90 Å². The number of hydrogen-bond acceptors (Lipinski definition) is 5. The Morgan fingerprint density at radius 1 is 1.00 bits per heavy atom. The second kappa shape index (κ2) is 10.7. The van der Waals surface area contributed by atoms with Crippen LogP contribution in [0.2, 0.25) is 0 Å². The lowest BCUT2D eigenvalue weighted by molar-refractivity contribution is -0.123. The Morgan fingerprint density at radius 3 is 2.52 bits per heavy atom. The maximum Gasteiger partial charge on any atom is 0.293 e. The van der Waals surface area contributed by atoms with E-state index in [2.05, 4.69) is 27.9 Å². The van der Waals surface area contributed by atoms with Crippen molar-refractivity contribution in [2.24, 2.45) is 0 Å². The van der Waals surface area contributed by atoms with E-state index < -0.39 is 0 Å². The zero-order valence-corrected chi connectivity index (χ0v) is 20.3. The molecule has 0 saturated carbocycles. The lowest BCUT2D eigenvalue weighted by Crippen LogP contribution is -2.27. The lowest BCUT2D eigenvalue weighted by Gasteiger charge is -2.12. The Kier molecular flexibility index (Phi) is 7.46. The van der Waals surface area contributed by atoms with Gasteiger partial charge in [-0.05, 0) is 88.0 Å². The molecule has 1 heterocycles. The van der Waals surface area contributed by atoms with Gasteiger partial charge in [-0.1, -0.05) is 42.5 Å². The van der Waals surface area contributed by atoms with E-state index in [0.717, 1.165) is 20.9 Å². The fourth-order valence-electron chi connectivity index (χ4n) is 3.12. The Bertz CT molecular complexity index is 1210. The van der Waals surface area contributed by atoms with Crippen LogP contribution in [0.4, 0.5) is 10.5 Å². The Morgan fingerprint density at radius 2 is 1.76 bits per heavy atom. The maximum absolute atomic E-state index is 12.8. The van der Waals surface area contributed by atoms with Gasteiger partial charge in [0, 0.05) is 9.26 Å². The van der Waals surface area contributed by atoms with E-state index in [-0.39, 0.29) is 30.2 Å². The van der Waals surface area contributed by atoms with Crippen LogP contribution in [-0.4, -0.2) is 28.6 Å². The molecule has 8 heteroatoms. The van der Waals surface area contributed by atoms with Crippen LogP contribution in [0, 0.1) is 3.57 Å². The summed E-state index contributed by atoms with van der Waals surface area (Å²) < 4.78 is 6.68. The molecule has 4 rings (SSSR count). The normalized spacial score (nSPS) is 14.6. The molecule has 1 N–H and O–H groups in total. The Labute approximate surface area is 209 Å². The molecule has 0 bridgehead atoms. The molecule has 1 fully saturated rings. The fourth-order valence-corrected chi connectivity index (χ4v) is 4.32. The predicted octanol–water partition coefficient (Wildman–Crippen LogP) is 5.55. The summed E-state index contributed by atoms with van der Waals surface area (Å²) in [5.74, 6) is -0.106. The largest absolute Gasteiger partial charge is 0.484 e. The number of benzene rings is 3. The summed E-state index contributed by atoms with van der Waals surface area (Å²) in [4.78, 5) is 38.9. The zero-order valence-electron chi connectivity index (χ0n) is 17.4. The van der Waals surface area contributed by atoms with Gasteiger partial charge in [0.2, 0.25) is 0 Å². The lowest BCUT2D eigenvalue weighted by atomic mass is 10.2. The first-order valence-corrected chi connectivity index (χ1v) is 11.9.